The second kappa shape index (κ2) is 6.07. The number of nitrogens with zero attached hydrogens (tertiary/aromatic N) is 1. The Kier molecular flexibility index (Phi) is 4.44. The fourth-order valence-corrected chi connectivity index (χ4v) is 2.59. The number of hydrogen-bond acceptors (Lipinski definition) is 4. The molecule has 0 amide bonds. The van der Waals surface area contributed by atoms with E-state index in [9.17, 15) is 5.11 Å². The zero-order valence-corrected chi connectivity index (χ0v) is 10.9. The maximum Gasteiger partial charge on any atom is 0.160 e. The van der Waals surface area contributed by atoms with Crippen molar-refractivity contribution >= 4 is 0 Å². The molecule has 0 saturated carbocycles. The van der Waals surface area contributed by atoms with Gasteiger partial charge in [-0.1, -0.05) is 12.5 Å². The molecule has 1 unspecified atom stereocenters. The summed E-state index contributed by atoms with van der Waals surface area (Å²) in [4.78, 5) is 2.43. The Labute approximate surface area is 108 Å². The predicted molar refractivity (Wildman–Crippen MR) is 71.8 cm³/mol. The van der Waals surface area contributed by atoms with Crippen molar-refractivity contribution in [2.75, 3.05) is 20.2 Å². The Bertz CT molecular complexity index is 395. The van der Waals surface area contributed by atoms with E-state index in [0.29, 0.717) is 11.8 Å². The molecule has 1 fully saturated rings. The molecule has 4 nitrogen and oxygen atoms in total. The molecule has 2 rings (SSSR count). The molecule has 1 atom stereocenters. The van der Waals surface area contributed by atoms with E-state index in [1.807, 2.05) is 12.1 Å². The number of rotatable bonds is 4. The maximum atomic E-state index is 9.58. The van der Waals surface area contributed by atoms with Gasteiger partial charge in [0.25, 0.3) is 0 Å². The fraction of sp³-hybridized carbons (Fsp3) is 0.571. The average Bonchev–Trinajstić information content (AvgIpc) is 2.41. The van der Waals surface area contributed by atoms with Gasteiger partial charge in [-0.05, 0) is 37.1 Å². The van der Waals surface area contributed by atoms with Crippen LogP contribution in [-0.2, 0) is 6.54 Å². The highest BCUT2D eigenvalue weighted by Crippen LogP contribution is 2.28. The summed E-state index contributed by atoms with van der Waals surface area (Å²) in [6, 6.07) is 6.02. The van der Waals surface area contributed by atoms with E-state index in [1.165, 1.54) is 19.3 Å². The van der Waals surface area contributed by atoms with Crippen LogP contribution in [0.15, 0.2) is 18.2 Å². The largest absolute Gasteiger partial charge is 0.504 e. The number of likely N-dealkylation sites (tertiary alicyclic amines) is 1. The molecule has 1 saturated heterocycles. The number of ether oxygens (including phenoxy) is 1. The number of nitrogens with two attached hydrogens (primary N) is 1. The number of benzene rings is 1. The topological polar surface area (TPSA) is 58.7 Å². The van der Waals surface area contributed by atoms with Crippen LogP contribution < -0.4 is 10.5 Å². The van der Waals surface area contributed by atoms with Crippen molar-refractivity contribution in [3.8, 4) is 11.5 Å². The van der Waals surface area contributed by atoms with Gasteiger partial charge >= 0.3 is 0 Å². The number of methoxy groups -OCH3 is 1. The fourth-order valence-electron chi connectivity index (χ4n) is 2.59. The molecule has 1 aromatic rings. The molecule has 0 aromatic heterocycles. The summed E-state index contributed by atoms with van der Waals surface area (Å²) < 4.78 is 5.13. The van der Waals surface area contributed by atoms with E-state index in [4.69, 9.17) is 10.5 Å². The van der Waals surface area contributed by atoms with E-state index in [-0.39, 0.29) is 5.75 Å². The van der Waals surface area contributed by atoms with Gasteiger partial charge in [0.05, 0.1) is 7.11 Å². The highest BCUT2D eigenvalue weighted by molar-refractivity contribution is 5.41. The van der Waals surface area contributed by atoms with Crippen molar-refractivity contribution in [3.63, 3.8) is 0 Å². The van der Waals surface area contributed by atoms with Crippen molar-refractivity contribution in [1.29, 1.82) is 0 Å². The van der Waals surface area contributed by atoms with Gasteiger partial charge in [-0.3, -0.25) is 4.90 Å². The standard InChI is InChI=1S/C14H22N2O2/c1-18-14-8-11(5-6-13(14)17)10-16-7-3-2-4-12(16)9-15/h5-6,8,12,17H,2-4,7,9-10,15H2,1H3. The minimum absolute atomic E-state index is 0.190. The highest BCUT2D eigenvalue weighted by atomic mass is 16.5. The average molecular weight is 250 g/mol. The van der Waals surface area contributed by atoms with Gasteiger partial charge in [-0.15, -0.1) is 0 Å². The van der Waals surface area contributed by atoms with E-state index in [1.54, 1.807) is 13.2 Å². The van der Waals surface area contributed by atoms with Crippen molar-refractivity contribution < 1.29 is 9.84 Å². The van der Waals surface area contributed by atoms with Gasteiger partial charge in [-0.2, -0.15) is 0 Å². The zero-order chi connectivity index (χ0) is 13.0. The van der Waals surface area contributed by atoms with Gasteiger partial charge in [-0.25, -0.2) is 0 Å². The normalized spacial score (nSPS) is 20.9. The van der Waals surface area contributed by atoms with Gasteiger partial charge in [0.1, 0.15) is 0 Å². The van der Waals surface area contributed by atoms with E-state index < -0.39 is 0 Å². The molecule has 1 aliphatic rings. The molecule has 0 radical (unpaired) electrons. The molecule has 100 valence electrons. The van der Waals surface area contributed by atoms with Gasteiger partial charge in [0.2, 0.25) is 0 Å². The number of piperidine rings is 1. The summed E-state index contributed by atoms with van der Waals surface area (Å²) in [5, 5.41) is 9.58. The van der Waals surface area contributed by atoms with Crippen molar-refractivity contribution in [3.05, 3.63) is 23.8 Å². The lowest BCUT2D eigenvalue weighted by atomic mass is 10.0. The minimum Gasteiger partial charge on any atom is -0.504 e. The highest BCUT2D eigenvalue weighted by Gasteiger charge is 2.21. The Balaban J connectivity index is 2.07. The summed E-state index contributed by atoms with van der Waals surface area (Å²) in [5.41, 5.74) is 6.98. The third-order valence-corrected chi connectivity index (χ3v) is 3.65. The predicted octanol–water partition coefficient (Wildman–Crippen LogP) is 1.71. The first-order chi connectivity index (χ1) is 8.74. The Morgan fingerprint density at radius 3 is 3.00 bits per heavy atom. The Hall–Kier alpha value is -1.26. The summed E-state index contributed by atoms with van der Waals surface area (Å²) in [7, 11) is 1.57. The lowest BCUT2D eigenvalue weighted by molar-refractivity contribution is 0.144. The molecule has 1 aromatic carbocycles. The lowest BCUT2D eigenvalue weighted by Gasteiger charge is -2.35. The molecule has 0 bridgehead atoms. The molecule has 1 aliphatic heterocycles. The van der Waals surface area contributed by atoms with Crippen LogP contribution in [0.4, 0.5) is 0 Å². The van der Waals surface area contributed by atoms with Crippen LogP contribution in [0, 0.1) is 0 Å². The number of phenols is 1. The Morgan fingerprint density at radius 1 is 1.44 bits per heavy atom. The number of hydrogen-bond donors (Lipinski definition) is 2. The molecule has 3 N–H and O–H groups in total. The first-order valence-electron chi connectivity index (χ1n) is 6.54. The second-order valence-corrected chi connectivity index (χ2v) is 4.86. The smallest absolute Gasteiger partial charge is 0.160 e. The maximum absolute atomic E-state index is 9.58. The summed E-state index contributed by atoms with van der Waals surface area (Å²) in [5.74, 6) is 0.726. The number of phenolic OH excluding ortho intramolecular Hbond substituents is 1. The lowest BCUT2D eigenvalue weighted by Crippen LogP contribution is -2.43. The second-order valence-electron chi connectivity index (χ2n) is 4.86. The molecule has 18 heavy (non-hydrogen) atoms. The van der Waals surface area contributed by atoms with Crippen LogP contribution in [0.3, 0.4) is 0 Å². The van der Waals surface area contributed by atoms with Gasteiger partial charge in [0, 0.05) is 19.1 Å². The summed E-state index contributed by atoms with van der Waals surface area (Å²) in [6.45, 7) is 2.69. The SMILES string of the molecule is COc1cc(CN2CCCCC2CN)ccc1O. The first-order valence-corrected chi connectivity index (χ1v) is 6.54. The minimum atomic E-state index is 0.190. The Morgan fingerprint density at radius 2 is 2.28 bits per heavy atom. The molecule has 0 spiro atoms. The quantitative estimate of drug-likeness (QED) is 0.854. The van der Waals surface area contributed by atoms with Crippen LogP contribution in [0.5, 0.6) is 11.5 Å². The molecule has 4 heteroatoms. The van der Waals surface area contributed by atoms with Crippen molar-refractivity contribution in [1.82, 2.24) is 4.90 Å². The van der Waals surface area contributed by atoms with Crippen LogP contribution in [0.2, 0.25) is 0 Å². The first kappa shape index (κ1) is 13.2. The van der Waals surface area contributed by atoms with Gasteiger partial charge in [0.15, 0.2) is 11.5 Å². The van der Waals surface area contributed by atoms with E-state index in [2.05, 4.69) is 4.90 Å². The third kappa shape index (κ3) is 2.94. The van der Waals surface area contributed by atoms with Crippen molar-refractivity contribution in [2.24, 2.45) is 5.73 Å². The zero-order valence-electron chi connectivity index (χ0n) is 10.9. The summed E-state index contributed by atoms with van der Waals surface area (Å²) in [6.07, 6.45) is 3.70. The van der Waals surface area contributed by atoms with Crippen LogP contribution in [0.25, 0.3) is 0 Å². The van der Waals surface area contributed by atoms with Crippen LogP contribution in [-0.4, -0.2) is 36.2 Å². The summed E-state index contributed by atoms with van der Waals surface area (Å²) >= 11 is 0. The molecule has 0 aliphatic carbocycles. The van der Waals surface area contributed by atoms with E-state index in [0.717, 1.165) is 25.2 Å². The van der Waals surface area contributed by atoms with Crippen LogP contribution >= 0.6 is 0 Å². The molecular formula is C14H22N2O2. The third-order valence-electron chi connectivity index (χ3n) is 3.65. The van der Waals surface area contributed by atoms with E-state index >= 15 is 0 Å². The molecular weight excluding hydrogens is 228 g/mol. The monoisotopic (exact) mass is 250 g/mol. The molecule has 1 heterocycles. The van der Waals surface area contributed by atoms with Crippen molar-refractivity contribution in [2.45, 2.75) is 31.8 Å². The van der Waals surface area contributed by atoms with Gasteiger partial charge < -0.3 is 15.6 Å². The van der Waals surface area contributed by atoms with Crippen LogP contribution in [0.1, 0.15) is 24.8 Å². The number of aromatic hydroxyl groups is 1.